The van der Waals surface area contributed by atoms with Crippen LogP contribution >= 0.6 is 0 Å². The summed E-state index contributed by atoms with van der Waals surface area (Å²) in [6.07, 6.45) is 0. The highest BCUT2D eigenvalue weighted by Gasteiger charge is 2.28. The van der Waals surface area contributed by atoms with Crippen LogP contribution in [0.5, 0.6) is 0 Å². The van der Waals surface area contributed by atoms with E-state index in [1.807, 2.05) is 12.1 Å². The van der Waals surface area contributed by atoms with Crippen LogP contribution in [0.4, 0.5) is 16.2 Å². The fourth-order valence-electron chi connectivity index (χ4n) is 2.99. The number of benzene rings is 1. The molecule has 7 heteroatoms. The Hall–Kier alpha value is -2.70. The molecule has 0 aliphatic carbocycles. The molecule has 1 aromatic carbocycles. The first-order chi connectivity index (χ1) is 12.4. The summed E-state index contributed by atoms with van der Waals surface area (Å²) >= 11 is 0. The highest BCUT2D eigenvalue weighted by molar-refractivity contribution is 5.74. The van der Waals surface area contributed by atoms with Gasteiger partial charge in [0, 0.05) is 37.0 Å². The molecule has 0 amide bonds. The fourth-order valence-corrected chi connectivity index (χ4v) is 2.99. The van der Waals surface area contributed by atoms with Crippen molar-refractivity contribution in [2.75, 3.05) is 29.9 Å². The normalized spacial score (nSPS) is 15.3. The van der Waals surface area contributed by atoms with E-state index in [0.29, 0.717) is 23.0 Å². The Morgan fingerprint density at radius 2 is 2.00 bits per heavy atom. The summed E-state index contributed by atoms with van der Waals surface area (Å²) in [6, 6.07) is 8.85. The van der Waals surface area contributed by atoms with E-state index < -0.39 is 0 Å². The van der Waals surface area contributed by atoms with Crippen molar-refractivity contribution < 1.29 is 8.81 Å². The number of halogens is 1. The number of fused-ring (bicyclic) bond motifs is 1. The van der Waals surface area contributed by atoms with Crippen LogP contribution in [0.3, 0.4) is 0 Å². The van der Waals surface area contributed by atoms with E-state index in [4.69, 9.17) is 4.42 Å². The Kier molecular flexibility index (Phi) is 4.01. The number of nitrogens with one attached hydrogen (secondary N) is 1. The Labute approximate surface area is 151 Å². The van der Waals surface area contributed by atoms with Crippen molar-refractivity contribution in [2.45, 2.75) is 26.2 Å². The van der Waals surface area contributed by atoms with Gasteiger partial charge in [-0.1, -0.05) is 20.8 Å². The molecule has 26 heavy (non-hydrogen) atoms. The maximum atomic E-state index is 13.2. The van der Waals surface area contributed by atoms with Crippen LogP contribution < -0.4 is 10.2 Å². The lowest BCUT2D eigenvalue weighted by Crippen LogP contribution is -2.50. The van der Waals surface area contributed by atoms with E-state index in [1.165, 1.54) is 12.1 Å². The maximum Gasteiger partial charge on any atom is 0.295 e. The van der Waals surface area contributed by atoms with Gasteiger partial charge >= 0.3 is 0 Å². The summed E-state index contributed by atoms with van der Waals surface area (Å²) in [4.78, 5) is 6.52. The molecule has 4 rings (SSSR count). The van der Waals surface area contributed by atoms with Crippen LogP contribution in [0.25, 0.3) is 11.1 Å². The number of hydrogen-bond acceptors (Lipinski definition) is 6. The van der Waals surface area contributed by atoms with E-state index in [9.17, 15) is 4.39 Å². The topological polar surface area (TPSA) is 67.1 Å². The number of oxazole rings is 1. The average Bonchev–Trinajstić information content (AvgIpc) is 2.95. The molecular weight excluding hydrogens is 333 g/mol. The molecule has 6 nitrogen and oxygen atoms in total. The fraction of sp³-hybridized carbons (Fsp3) is 0.421. The van der Waals surface area contributed by atoms with E-state index in [2.05, 4.69) is 46.2 Å². The summed E-state index contributed by atoms with van der Waals surface area (Å²) in [5, 5.41) is 11.9. The zero-order valence-corrected chi connectivity index (χ0v) is 15.2. The molecule has 1 aliphatic rings. The Morgan fingerprint density at radius 3 is 2.69 bits per heavy atom. The first kappa shape index (κ1) is 16.8. The molecule has 3 aromatic rings. The lowest BCUT2D eigenvalue weighted by atomic mass is 9.92. The van der Waals surface area contributed by atoms with Gasteiger partial charge < -0.3 is 14.6 Å². The van der Waals surface area contributed by atoms with Gasteiger partial charge in [0.05, 0.1) is 5.69 Å². The highest BCUT2D eigenvalue weighted by Crippen LogP contribution is 2.26. The first-order valence-electron chi connectivity index (χ1n) is 8.77. The molecule has 1 saturated heterocycles. The maximum absolute atomic E-state index is 13.2. The molecule has 1 aliphatic heterocycles. The van der Waals surface area contributed by atoms with E-state index >= 15 is 0 Å². The third-order valence-electron chi connectivity index (χ3n) is 4.59. The molecule has 2 aromatic heterocycles. The van der Waals surface area contributed by atoms with Crippen molar-refractivity contribution in [3.8, 4) is 0 Å². The molecule has 136 valence electrons. The van der Waals surface area contributed by atoms with Gasteiger partial charge in [-0.15, -0.1) is 5.10 Å². The van der Waals surface area contributed by atoms with Crippen molar-refractivity contribution in [3.63, 3.8) is 0 Å². The van der Waals surface area contributed by atoms with Crippen LogP contribution in [0.1, 0.15) is 26.5 Å². The summed E-state index contributed by atoms with van der Waals surface area (Å²) in [6.45, 7) is 8.95. The summed E-state index contributed by atoms with van der Waals surface area (Å²) in [5.74, 6) is 1.06. The minimum atomic E-state index is -0.326. The third kappa shape index (κ3) is 3.34. The number of hydrogen-bond donors (Lipinski definition) is 1. The molecule has 0 bridgehead atoms. The highest BCUT2D eigenvalue weighted by atomic mass is 19.1. The molecule has 1 N–H and O–H groups in total. The van der Waals surface area contributed by atoms with Crippen molar-refractivity contribution >= 4 is 22.9 Å². The predicted octanol–water partition coefficient (Wildman–Crippen LogP) is 3.60. The smallest absolute Gasteiger partial charge is 0.295 e. The SMILES string of the molecule is CC(C)(C)c1ccc(N2CC(CNc3nc4ccc(F)cc4o3)C2)nn1. The minimum Gasteiger partial charge on any atom is -0.423 e. The van der Waals surface area contributed by atoms with Gasteiger partial charge in [0.15, 0.2) is 11.4 Å². The quantitative estimate of drug-likeness (QED) is 0.771. The lowest BCUT2D eigenvalue weighted by Gasteiger charge is -2.39. The zero-order valence-electron chi connectivity index (χ0n) is 15.2. The van der Waals surface area contributed by atoms with E-state index in [1.54, 1.807) is 6.07 Å². The summed E-state index contributed by atoms with van der Waals surface area (Å²) < 4.78 is 18.7. The number of aromatic nitrogens is 3. The van der Waals surface area contributed by atoms with Crippen LogP contribution in [-0.4, -0.2) is 34.8 Å². The van der Waals surface area contributed by atoms with Gasteiger partial charge in [-0.3, -0.25) is 0 Å². The molecule has 0 spiro atoms. The number of nitrogens with zero attached hydrogens (tertiary/aromatic N) is 4. The molecule has 0 atom stereocenters. The molecular formula is C19H22FN5O. The first-order valence-corrected chi connectivity index (χ1v) is 8.77. The Morgan fingerprint density at radius 1 is 1.19 bits per heavy atom. The molecule has 1 fully saturated rings. The second-order valence-corrected chi connectivity index (χ2v) is 7.81. The summed E-state index contributed by atoms with van der Waals surface area (Å²) in [5.41, 5.74) is 2.11. The van der Waals surface area contributed by atoms with E-state index in [-0.39, 0.29) is 11.2 Å². The van der Waals surface area contributed by atoms with Gasteiger partial charge in [-0.05, 0) is 24.3 Å². The number of anilines is 2. The lowest BCUT2D eigenvalue weighted by molar-refractivity contribution is 0.420. The second kappa shape index (κ2) is 6.23. The van der Waals surface area contributed by atoms with Gasteiger partial charge in [-0.2, -0.15) is 10.1 Å². The van der Waals surface area contributed by atoms with Crippen LogP contribution in [0, 0.1) is 11.7 Å². The zero-order chi connectivity index (χ0) is 18.3. The van der Waals surface area contributed by atoms with E-state index in [0.717, 1.165) is 31.1 Å². The summed E-state index contributed by atoms with van der Waals surface area (Å²) in [7, 11) is 0. The van der Waals surface area contributed by atoms with Gasteiger partial charge in [0.1, 0.15) is 11.3 Å². The monoisotopic (exact) mass is 355 g/mol. The standard InChI is InChI=1S/C19H22FN5O/c1-19(2,3)16-6-7-17(24-23-16)25-10-12(11-25)9-21-18-22-14-5-4-13(20)8-15(14)26-18/h4-8,12H,9-11H2,1-3H3,(H,21,22). The second-order valence-electron chi connectivity index (χ2n) is 7.81. The Balaban J connectivity index is 1.30. The average molecular weight is 355 g/mol. The molecule has 3 heterocycles. The number of rotatable bonds is 4. The van der Waals surface area contributed by atoms with Crippen LogP contribution in [0.2, 0.25) is 0 Å². The van der Waals surface area contributed by atoms with Crippen molar-refractivity contribution in [1.29, 1.82) is 0 Å². The van der Waals surface area contributed by atoms with Crippen molar-refractivity contribution in [3.05, 3.63) is 41.8 Å². The van der Waals surface area contributed by atoms with Crippen LogP contribution in [-0.2, 0) is 5.41 Å². The van der Waals surface area contributed by atoms with Gasteiger partial charge in [0.25, 0.3) is 6.01 Å². The molecule has 0 unspecified atom stereocenters. The largest absolute Gasteiger partial charge is 0.423 e. The van der Waals surface area contributed by atoms with Crippen LogP contribution in [0.15, 0.2) is 34.7 Å². The Bertz CT molecular complexity index is 910. The molecule has 0 radical (unpaired) electrons. The third-order valence-corrected chi connectivity index (χ3v) is 4.59. The molecule has 0 saturated carbocycles. The van der Waals surface area contributed by atoms with Gasteiger partial charge in [0.2, 0.25) is 0 Å². The van der Waals surface area contributed by atoms with Crippen molar-refractivity contribution in [1.82, 2.24) is 15.2 Å². The van der Waals surface area contributed by atoms with Gasteiger partial charge in [-0.25, -0.2) is 4.39 Å². The van der Waals surface area contributed by atoms with Crippen molar-refractivity contribution in [2.24, 2.45) is 5.92 Å². The minimum absolute atomic E-state index is 0.00936. The predicted molar refractivity (Wildman–Crippen MR) is 98.9 cm³/mol.